The summed E-state index contributed by atoms with van der Waals surface area (Å²) < 4.78 is 18.0. The second-order valence-electron chi connectivity index (χ2n) is 6.12. The van der Waals surface area contributed by atoms with Gasteiger partial charge in [-0.1, -0.05) is 46.0 Å². The van der Waals surface area contributed by atoms with Gasteiger partial charge >= 0.3 is 5.97 Å². The van der Waals surface area contributed by atoms with Crippen LogP contribution in [0.3, 0.4) is 0 Å². The Labute approximate surface area is 211 Å². The Hall–Kier alpha value is -1.63. The maximum absolute atomic E-state index is 13.0. The van der Waals surface area contributed by atoms with E-state index in [-0.39, 0.29) is 12.5 Å². The molecule has 0 radical (unpaired) electrons. The monoisotopic (exact) mass is 633 g/mol. The molecule has 1 aliphatic rings. The summed E-state index contributed by atoms with van der Waals surface area (Å²) in [4.78, 5) is 26.5. The van der Waals surface area contributed by atoms with E-state index in [1.54, 1.807) is 12.1 Å². The summed E-state index contributed by atoms with van der Waals surface area (Å²) in [6, 6.07) is 11.0. The van der Waals surface area contributed by atoms with Crippen molar-refractivity contribution in [3.63, 3.8) is 0 Å². The lowest BCUT2D eigenvalue weighted by Crippen LogP contribution is -2.27. The Morgan fingerprint density at radius 3 is 2.74 bits per heavy atom. The van der Waals surface area contributed by atoms with Gasteiger partial charge in [0.15, 0.2) is 22.4 Å². The highest BCUT2D eigenvalue weighted by Gasteiger charge is 2.33. The molecule has 31 heavy (non-hydrogen) atoms. The fourth-order valence-corrected chi connectivity index (χ4v) is 5.19. The smallest absolute Gasteiger partial charge is 0.343 e. The fraction of sp³-hybridized carbons (Fsp3) is 0.190. The van der Waals surface area contributed by atoms with Gasteiger partial charge in [-0.25, -0.2) is 4.79 Å². The minimum Gasteiger partial charge on any atom is -0.490 e. The van der Waals surface area contributed by atoms with Gasteiger partial charge < -0.3 is 14.2 Å². The predicted octanol–water partition coefficient (Wildman–Crippen LogP) is 5.41. The Bertz CT molecular complexity index is 1080. The number of esters is 1. The molecule has 6 nitrogen and oxygen atoms in total. The average molecular weight is 634 g/mol. The zero-order valence-electron chi connectivity index (χ0n) is 16.5. The van der Waals surface area contributed by atoms with Crippen molar-refractivity contribution in [1.29, 1.82) is 0 Å². The van der Waals surface area contributed by atoms with Crippen molar-refractivity contribution in [2.45, 2.75) is 6.92 Å². The van der Waals surface area contributed by atoms with E-state index >= 15 is 0 Å². The number of carbonyl (C=O) groups excluding carboxylic acids is 2. The predicted molar refractivity (Wildman–Crippen MR) is 138 cm³/mol. The van der Waals surface area contributed by atoms with Crippen LogP contribution in [0.4, 0.5) is 5.69 Å². The van der Waals surface area contributed by atoms with E-state index in [1.807, 2.05) is 37.3 Å². The maximum atomic E-state index is 13.0. The molecule has 162 valence electrons. The number of methoxy groups -OCH3 is 1. The van der Waals surface area contributed by atoms with E-state index in [9.17, 15) is 9.59 Å². The molecule has 1 saturated heterocycles. The molecular weight excluding hydrogens is 617 g/mol. The zero-order chi connectivity index (χ0) is 22.5. The summed E-state index contributed by atoms with van der Waals surface area (Å²) >= 11 is 12.2. The second kappa shape index (κ2) is 10.8. The van der Waals surface area contributed by atoms with Gasteiger partial charge in [-0.3, -0.25) is 9.69 Å². The van der Waals surface area contributed by atoms with Gasteiger partial charge in [0.1, 0.15) is 0 Å². The third-order valence-electron chi connectivity index (χ3n) is 4.05. The minimum atomic E-state index is -0.487. The number of hydrogen-bond donors (Lipinski definition) is 0. The van der Waals surface area contributed by atoms with Gasteiger partial charge in [-0.15, -0.1) is 0 Å². The number of carbonyl (C=O) groups is 2. The Kier molecular flexibility index (Phi) is 8.36. The highest BCUT2D eigenvalue weighted by molar-refractivity contribution is 14.1. The molecule has 3 rings (SSSR count). The van der Waals surface area contributed by atoms with Crippen molar-refractivity contribution in [2.24, 2.45) is 0 Å². The van der Waals surface area contributed by atoms with Crippen LogP contribution in [-0.2, 0) is 14.3 Å². The summed E-state index contributed by atoms with van der Waals surface area (Å²) in [5.41, 5.74) is 1.46. The van der Waals surface area contributed by atoms with Gasteiger partial charge in [0.25, 0.3) is 5.91 Å². The normalized spacial score (nSPS) is 14.8. The van der Waals surface area contributed by atoms with E-state index in [0.29, 0.717) is 33.0 Å². The van der Waals surface area contributed by atoms with Crippen molar-refractivity contribution in [3.05, 3.63) is 54.9 Å². The van der Waals surface area contributed by atoms with Crippen molar-refractivity contribution in [3.8, 4) is 11.5 Å². The van der Waals surface area contributed by atoms with Gasteiger partial charge in [-0.05, 0) is 71.5 Å². The molecule has 0 unspecified atom stereocenters. The minimum absolute atomic E-state index is 0.188. The van der Waals surface area contributed by atoms with Crippen molar-refractivity contribution < 1.29 is 23.8 Å². The Morgan fingerprint density at radius 1 is 1.29 bits per heavy atom. The molecule has 0 aliphatic carbocycles. The topological polar surface area (TPSA) is 65.1 Å². The number of anilines is 1. The number of amides is 1. The van der Waals surface area contributed by atoms with Gasteiger partial charge in [0.05, 0.1) is 27.9 Å². The maximum Gasteiger partial charge on any atom is 0.343 e. The van der Waals surface area contributed by atoms with Crippen LogP contribution in [0.1, 0.15) is 12.5 Å². The summed E-state index contributed by atoms with van der Waals surface area (Å²) in [6.45, 7) is 2.04. The quantitative estimate of drug-likeness (QED) is 0.175. The van der Waals surface area contributed by atoms with Crippen LogP contribution in [0.5, 0.6) is 11.5 Å². The van der Waals surface area contributed by atoms with Gasteiger partial charge in [0.2, 0.25) is 0 Å². The molecule has 10 heteroatoms. The number of nitrogens with zero attached hydrogens (tertiary/aromatic N) is 1. The van der Waals surface area contributed by atoms with Crippen LogP contribution in [0.15, 0.2) is 45.8 Å². The molecule has 1 aliphatic heterocycles. The first kappa shape index (κ1) is 24.0. The highest BCUT2D eigenvalue weighted by atomic mass is 127. The summed E-state index contributed by atoms with van der Waals surface area (Å²) in [6.07, 6.45) is 1.77. The van der Waals surface area contributed by atoms with E-state index in [4.69, 9.17) is 21.7 Å². The lowest BCUT2D eigenvalue weighted by atomic mass is 10.1. The van der Waals surface area contributed by atoms with E-state index in [1.165, 1.54) is 23.8 Å². The standard InChI is InChI=1S/C21H17BrINO5S2/c1-3-28-16-8-12(7-15(23)19(16)29-11-18(25)27-2)9-17-20(26)24(21(30)31-17)14-6-4-5-13(22)10-14/h4-10H,3,11H2,1-2H3/b17-9+. The average Bonchev–Trinajstić information content (AvgIpc) is 3.00. The molecule has 1 amide bonds. The molecule has 0 atom stereocenters. The molecule has 1 heterocycles. The SMILES string of the molecule is CCOc1cc(/C=C2/SC(=S)N(c3cccc(Br)c3)C2=O)cc(I)c1OCC(=O)OC. The molecule has 0 N–H and O–H groups in total. The number of ether oxygens (including phenoxy) is 3. The Balaban J connectivity index is 1.91. The van der Waals surface area contributed by atoms with Crippen molar-refractivity contribution in [1.82, 2.24) is 0 Å². The molecule has 2 aromatic rings. The number of rotatable bonds is 7. The number of thioether (sulfide) groups is 1. The van der Waals surface area contributed by atoms with Crippen LogP contribution in [0.2, 0.25) is 0 Å². The van der Waals surface area contributed by atoms with Crippen LogP contribution in [-0.4, -0.2) is 36.5 Å². The lowest BCUT2D eigenvalue weighted by molar-refractivity contribution is -0.142. The van der Waals surface area contributed by atoms with E-state index < -0.39 is 5.97 Å². The van der Waals surface area contributed by atoms with Gasteiger partial charge in [-0.2, -0.15) is 0 Å². The van der Waals surface area contributed by atoms with Crippen molar-refractivity contribution in [2.75, 3.05) is 25.2 Å². The summed E-state index contributed by atoms with van der Waals surface area (Å²) in [5.74, 6) is 0.254. The molecular formula is C21H17BrINO5S2. The van der Waals surface area contributed by atoms with Crippen LogP contribution in [0, 0.1) is 3.57 Å². The van der Waals surface area contributed by atoms with E-state index in [2.05, 4.69) is 43.3 Å². The number of thiocarbonyl (C=S) groups is 1. The summed E-state index contributed by atoms with van der Waals surface area (Å²) in [7, 11) is 1.30. The number of benzene rings is 2. The number of halogens is 2. The molecule has 2 aromatic carbocycles. The van der Waals surface area contributed by atoms with Crippen LogP contribution < -0.4 is 14.4 Å². The van der Waals surface area contributed by atoms with Crippen LogP contribution in [0.25, 0.3) is 6.08 Å². The van der Waals surface area contributed by atoms with E-state index in [0.717, 1.165) is 13.6 Å². The molecule has 0 aromatic heterocycles. The first-order valence-electron chi connectivity index (χ1n) is 9.03. The lowest BCUT2D eigenvalue weighted by Gasteiger charge is -2.15. The molecule has 0 saturated carbocycles. The Morgan fingerprint density at radius 2 is 2.06 bits per heavy atom. The largest absolute Gasteiger partial charge is 0.490 e. The second-order valence-corrected chi connectivity index (χ2v) is 9.88. The molecule has 1 fully saturated rings. The van der Waals surface area contributed by atoms with Crippen LogP contribution >= 0.6 is 62.5 Å². The highest BCUT2D eigenvalue weighted by Crippen LogP contribution is 2.39. The first-order valence-corrected chi connectivity index (χ1v) is 12.1. The molecule has 0 bridgehead atoms. The number of hydrogen-bond acceptors (Lipinski definition) is 7. The summed E-state index contributed by atoms with van der Waals surface area (Å²) in [5, 5.41) is 0. The zero-order valence-corrected chi connectivity index (χ0v) is 21.9. The van der Waals surface area contributed by atoms with Gasteiger partial charge in [0, 0.05) is 4.47 Å². The third kappa shape index (κ3) is 5.79. The first-order chi connectivity index (χ1) is 14.8. The third-order valence-corrected chi connectivity index (χ3v) is 6.65. The molecule has 0 spiro atoms. The fourth-order valence-electron chi connectivity index (χ4n) is 2.72. The van der Waals surface area contributed by atoms with Crippen molar-refractivity contribution >= 4 is 90.5 Å².